The van der Waals surface area contributed by atoms with Crippen molar-refractivity contribution in [2.75, 3.05) is 6.61 Å². The minimum atomic E-state index is -0.0408. The van der Waals surface area contributed by atoms with Crippen molar-refractivity contribution in [3.8, 4) is 28.3 Å². The lowest BCUT2D eigenvalue weighted by Gasteiger charge is -2.15. The lowest BCUT2D eigenvalue weighted by molar-refractivity contribution is 0.338. The fourth-order valence-corrected chi connectivity index (χ4v) is 3.70. The number of hydrogen-bond donors (Lipinski definition) is 1. The first-order valence-electron chi connectivity index (χ1n) is 10.5. The van der Waals surface area contributed by atoms with E-state index in [2.05, 4.69) is 51.8 Å². The quantitative estimate of drug-likeness (QED) is 0.468. The molecule has 0 atom stereocenters. The number of rotatable bonds is 8. The predicted molar refractivity (Wildman–Crippen MR) is 120 cm³/mol. The average molecular weight is 415 g/mol. The second-order valence-corrected chi connectivity index (χ2v) is 7.27. The van der Waals surface area contributed by atoms with Crippen molar-refractivity contribution >= 4 is 0 Å². The second kappa shape index (κ2) is 9.38. The second-order valence-electron chi connectivity index (χ2n) is 7.27. The average Bonchev–Trinajstić information content (AvgIpc) is 3.32. The van der Waals surface area contributed by atoms with Gasteiger partial charge in [0.2, 0.25) is 5.82 Å². The Kier molecular flexibility index (Phi) is 6.21. The number of benzene rings is 2. The fourth-order valence-electron chi connectivity index (χ4n) is 3.70. The van der Waals surface area contributed by atoms with E-state index in [-0.39, 0.29) is 5.56 Å². The number of nitrogens with one attached hydrogen (secondary N) is 1. The van der Waals surface area contributed by atoms with Crippen LogP contribution >= 0.6 is 0 Å². The van der Waals surface area contributed by atoms with E-state index in [0.29, 0.717) is 24.7 Å². The molecule has 2 aromatic heterocycles. The Morgan fingerprint density at radius 1 is 1.00 bits per heavy atom. The summed E-state index contributed by atoms with van der Waals surface area (Å²) in [6.45, 7) is 5.09. The molecule has 4 rings (SSSR count). The number of aromatic nitrogens is 5. The highest BCUT2D eigenvalue weighted by Crippen LogP contribution is 2.29. The summed E-state index contributed by atoms with van der Waals surface area (Å²) >= 11 is 0. The minimum absolute atomic E-state index is 0.0408. The van der Waals surface area contributed by atoms with Crippen LogP contribution in [0.25, 0.3) is 22.5 Å². The molecule has 0 aliphatic carbocycles. The van der Waals surface area contributed by atoms with Crippen molar-refractivity contribution in [2.24, 2.45) is 0 Å². The summed E-state index contributed by atoms with van der Waals surface area (Å²) in [5.41, 5.74) is 5.00. The number of aromatic amines is 1. The molecule has 0 radical (unpaired) electrons. The smallest absolute Gasteiger partial charge is 0.254 e. The van der Waals surface area contributed by atoms with E-state index in [9.17, 15) is 4.79 Å². The Labute approximate surface area is 180 Å². The summed E-state index contributed by atoms with van der Waals surface area (Å²) in [6.07, 6.45) is 1.78. The highest BCUT2D eigenvalue weighted by Gasteiger charge is 2.12. The van der Waals surface area contributed by atoms with E-state index in [1.165, 1.54) is 0 Å². The third-order valence-corrected chi connectivity index (χ3v) is 5.12. The Bertz CT molecular complexity index is 1200. The number of H-pyrrole nitrogens is 1. The molecule has 0 aliphatic rings. The lowest BCUT2D eigenvalue weighted by atomic mass is 9.98. The van der Waals surface area contributed by atoms with E-state index >= 15 is 0 Å². The molecule has 1 N–H and O–H groups in total. The van der Waals surface area contributed by atoms with Crippen LogP contribution in [0.5, 0.6) is 5.75 Å². The van der Waals surface area contributed by atoms with Crippen LogP contribution in [0.4, 0.5) is 0 Å². The van der Waals surface area contributed by atoms with Gasteiger partial charge in [0.15, 0.2) is 0 Å². The molecule has 0 aliphatic heterocycles. The van der Waals surface area contributed by atoms with Crippen LogP contribution < -0.4 is 10.3 Å². The van der Waals surface area contributed by atoms with Gasteiger partial charge in [-0.25, -0.2) is 0 Å². The molecule has 2 heterocycles. The number of tetrazole rings is 1. The van der Waals surface area contributed by atoms with Gasteiger partial charge in [-0.05, 0) is 41.3 Å². The van der Waals surface area contributed by atoms with Gasteiger partial charge in [-0.3, -0.25) is 4.79 Å². The topological polar surface area (TPSA) is 85.7 Å². The minimum Gasteiger partial charge on any atom is -0.494 e. The lowest BCUT2D eigenvalue weighted by Crippen LogP contribution is -2.23. The summed E-state index contributed by atoms with van der Waals surface area (Å²) < 4.78 is 7.38. The first-order chi connectivity index (χ1) is 15.2. The number of ether oxygens (including phenoxy) is 1. The van der Waals surface area contributed by atoms with Gasteiger partial charge in [-0.2, -0.15) is 5.21 Å². The zero-order valence-electron chi connectivity index (χ0n) is 17.7. The predicted octanol–water partition coefficient (Wildman–Crippen LogP) is 4.09. The summed E-state index contributed by atoms with van der Waals surface area (Å²) in [7, 11) is 0. The maximum atomic E-state index is 12.7. The van der Waals surface area contributed by atoms with Crippen LogP contribution in [0, 0.1) is 0 Å². The Hall–Kier alpha value is -3.74. The standard InChI is InChI=1S/C24H25N5O2/c1-3-7-19-14-20(31-4-2)15-23(30)29(19)16-17-10-12-18(13-11-17)21-8-5-6-9-22(21)24-25-27-28-26-24/h5-6,8-15H,3-4,7,16H2,1-2H3,(H,25,26,27,28). The summed E-state index contributed by atoms with van der Waals surface area (Å²) in [4.78, 5) is 12.7. The van der Waals surface area contributed by atoms with Gasteiger partial charge in [-0.1, -0.05) is 61.9 Å². The molecule has 158 valence electrons. The molecule has 7 nitrogen and oxygen atoms in total. The molecular weight excluding hydrogens is 390 g/mol. The normalized spacial score (nSPS) is 10.9. The van der Waals surface area contributed by atoms with Crippen molar-refractivity contribution in [3.05, 3.63) is 82.3 Å². The summed E-state index contributed by atoms with van der Waals surface area (Å²) in [6, 6.07) is 19.7. The van der Waals surface area contributed by atoms with Crippen molar-refractivity contribution in [2.45, 2.75) is 33.2 Å². The van der Waals surface area contributed by atoms with Crippen LogP contribution in [0.15, 0.2) is 65.5 Å². The van der Waals surface area contributed by atoms with Gasteiger partial charge in [0, 0.05) is 17.3 Å². The Balaban J connectivity index is 1.63. The SMILES string of the molecule is CCCc1cc(OCC)cc(=O)n1Cc1ccc(-c2ccccc2-c2nn[nH]n2)cc1. The van der Waals surface area contributed by atoms with E-state index in [0.717, 1.165) is 40.8 Å². The number of nitrogens with zero attached hydrogens (tertiary/aromatic N) is 4. The van der Waals surface area contributed by atoms with Crippen LogP contribution in [-0.2, 0) is 13.0 Å². The first-order valence-corrected chi connectivity index (χ1v) is 10.5. The zero-order chi connectivity index (χ0) is 21.6. The van der Waals surface area contributed by atoms with E-state index < -0.39 is 0 Å². The fraction of sp³-hybridized carbons (Fsp3) is 0.250. The third-order valence-electron chi connectivity index (χ3n) is 5.12. The van der Waals surface area contributed by atoms with Gasteiger partial charge in [0.1, 0.15) is 5.75 Å². The van der Waals surface area contributed by atoms with Crippen LogP contribution in [0.2, 0.25) is 0 Å². The maximum Gasteiger partial charge on any atom is 0.254 e. The maximum absolute atomic E-state index is 12.7. The summed E-state index contributed by atoms with van der Waals surface area (Å²) in [5.74, 6) is 1.20. The molecule has 2 aromatic carbocycles. The molecule has 0 saturated heterocycles. The first kappa shape index (κ1) is 20.5. The van der Waals surface area contributed by atoms with Crippen molar-refractivity contribution in [1.82, 2.24) is 25.2 Å². The van der Waals surface area contributed by atoms with E-state index in [1.54, 1.807) is 6.07 Å². The van der Waals surface area contributed by atoms with Crippen LogP contribution in [-0.4, -0.2) is 31.8 Å². The number of hydrogen-bond acceptors (Lipinski definition) is 5. The molecule has 0 unspecified atom stereocenters. The van der Waals surface area contributed by atoms with Gasteiger partial charge < -0.3 is 9.30 Å². The van der Waals surface area contributed by atoms with Crippen molar-refractivity contribution in [3.63, 3.8) is 0 Å². The molecule has 0 bridgehead atoms. The van der Waals surface area contributed by atoms with Crippen molar-refractivity contribution in [1.29, 1.82) is 0 Å². The number of pyridine rings is 1. The third kappa shape index (κ3) is 4.55. The highest BCUT2D eigenvalue weighted by molar-refractivity contribution is 5.80. The molecule has 0 spiro atoms. The molecule has 4 aromatic rings. The molecule has 0 fully saturated rings. The van der Waals surface area contributed by atoms with Gasteiger partial charge >= 0.3 is 0 Å². The summed E-state index contributed by atoms with van der Waals surface area (Å²) in [5, 5.41) is 14.4. The highest BCUT2D eigenvalue weighted by atomic mass is 16.5. The largest absolute Gasteiger partial charge is 0.494 e. The molecule has 0 saturated carbocycles. The molecule has 0 amide bonds. The molecule has 31 heavy (non-hydrogen) atoms. The Morgan fingerprint density at radius 2 is 1.77 bits per heavy atom. The molecular formula is C24H25N5O2. The monoisotopic (exact) mass is 415 g/mol. The van der Waals surface area contributed by atoms with Gasteiger partial charge in [0.25, 0.3) is 5.56 Å². The Morgan fingerprint density at radius 3 is 2.45 bits per heavy atom. The molecule has 7 heteroatoms. The number of aryl methyl sites for hydroxylation is 1. The zero-order valence-corrected chi connectivity index (χ0v) is 17.7. The van der Waals surface area contributed by atoms with Crippen LogP contribution in [0.3, 0.4) is 0 Å². The van der Waals surface area contributed by atoms with Gasteiger partial charge in [-0.15, -0.1) is 10.2 Å². The van der Waals surface area contributed by atoms with Gasteiger partial charge in [0.05, 0.1) is 13.2 Å². The van der Waals surface area contributed by atoms with E-state index in [4.69, 9.17) is 4.74 Å². The van der Waals surface area contributed by atoms with Crippen molar-refractivity contribution < 1.29 is 4.74 Å². The van der Waals surface area contributed by atoms with Crippen LogP contribution in [0.1, 0.15) is 31.5 Å². The van der Waals surface area contributed by atoms with E-state index in [1.807, 2.05) is 41.8 Å².